The van der Waals surface area contributed by atoms with E-state index < -0.39 is 35.9 Å². The molecule has 32 heavy (non-hydrogen) atoms. The monoisotopic (exact) mass is 449 g/mol. The van der Waals surface area contributed by atoms with Crippen LogP contribution in [0.5, 0.6) is 5.88 Å². The number of nitrogens with one attached hydrogen (secondary N) is 2. The quantitative estimate of drug-likeness (QED) is 0.272. The third kappa shape index (κ3) is 5.14. The lowest BCUT2D eigenvalue weighted by Gasteiger charge is -2.16. The Morgan fingerprint density at radius 1 is 1.22 bits per heavy atom. The normalized spacial score (nSPS) is 12.8. The molecule has 2 aromatic heterocycles. The van der Waals surface area contributed by atoms with Gasteiger partial charge in [-0.05, 0) is 32.0 Å². The fourth-order valence-corrected chi connectivity index (χ4v) is 2.75. The number of hydrogen-bond donors (Lipinski definition) is 3. The zero-order chi connectivity index (χ0) is 23.3. The van der Waals surface area contributed by atoms with Crippen LogP contribution in [0, 0.1) is 11.6 Å². The van der Waals surface area contributed by atoms with Crippen LogP contribution in [0.4, 0.5) is 24.7 Å². The summed E-state index contributed by atoms with van der Waals surface area (Å²) in [5.74, 6) is -1.58. The molecule has 0 radical (unpaired) electrons. The van der Waals surface area contributed by atoms with E-state index in [2.05, 4.69) is 30.7 Å². The number of rotatable bonds is 8. The van der Waals surface area contributed by atoms with Gasteiger partial charge in [-0.15, -0.1) is 0 Å². The molecule has 0 amide bonds. The number of pyridine rings is 1. The molecule has 0 aliphatic heterocycles. The van der Waals surface area contributed by atoms with Crippen molar-refractivity contribution in [3.05, 3.63) is 47.8 Å². The van der Waals surface area contributed by atoms with Crippen molar-refractivity contribution in [2.24, 2.45) is 10.7 Å². The van der Waals surface area contributed by atoms with E-state index in [4.69, 9.17) is 15.3 Å². The number of aromatic nitrogens is 3. The predicted octanol–water partition coefficient (Wildman–Crippen LogP) is 3.31. The fraction of sp³-hybridized carbons (Fsp3) is 0.300. The van der Waals surface area contributed by atoms with E-state index in [1.54, 1.807) is 19.9 Å². The molecule has 0 saturated heterocycles. The Hall–Kier alpha value is -3.67. The van der Waals surface area contributed by atoms with Crippen LogP contribution in [0.2, 0.25) is 0 Å². The van der Waals surface area contributed by atoms with Crippen molar-refractivity contribution in [1.82, 2.24) is 20.4 Å². The zero-order valence-electron chi connectivity index (χ0n) is 17.6. The molecule has 3 aromatic rings. The highest BCUT2D eigenvalue weighted by atomic mass is 19.1. The molecule has 1 aromatic carbocycles. The number of nitrogens with zero attached hydrogens (tertiary/aromatic N) is 4. The van der Waals surface area contributed by atoms with Crippen LogP contribution in [-0.2, 0) is 4.84 Å². The van der Waals surface area contributed by atoms with E-state index in [-0.39, 0.29) is 17.5 Å². The molecule has 0 spiro atoms. The van der Waals surface area contributed by atoms with Gasteiger partial charge in [0.25, 0.3) is 0 Å². The SMILES string of the molecule is COc1cnc2c(Nc3ccc(F)c(C(CF)/N=C(/N)ONC(C)C)c3F)nccc2n1. The first-order valence-corrected chi connectivity index (χ1v) is 9.56. The van der Waals surface area contributed by atoms with Crippen molar-refractivity contribution in [2.75, 3.05) is 19.1 Å². The first-order chi connectivity index (χ1) is 15.3. The Balaban J connectivity index is 1.96. The maximum Gasteiger partial charge on any atom is 0.302 e. The van der Waals surface area contributed by atoms with E-state index >= 15 is 4.39 Å². The van der Waals surface area contributed by atoms with Crippen LogP contribution in [0.3, 0.4) is 0 Å². The van der Waals surface area contributed by atoms with E-state index in [9.17, 15) is 8.78 Å². The molecule has 0 saturated carbocycles. The molecule has 0 aliphatic carbocycles. The number of benzene rings is 1. The minimum absolute atomic E-state index is 0.107. The van der Waals surface area contributed by atoms with E-state index in [0.717, 1.165) is 12.1 Å². The van der Waals surface area contributed by atoms with Gasteiger partial charge in [0.15, 0.2) is 11.6 Å². The van der Waals surface area contributed by atoms with Gasteiger partial charge in [-0.3, -0.25) is 0 Å². The molecule has 1 atom stereocenters. The number of fused-ring (bicyclic) bond motifs is 1. The predicted molar refractivity (Wildman–Crippen MR) is 113 cm³/mol. The fourth-order valence-electron chi connectivity index (χ4n) is 2.75. The van der Waals surface area contributed by atoms with Crippen LogP contribution in [0.25, 0.3) is 11.0 Å². The van der Waals surface area contributed by atoms with Gasteiger partial charge in [-0.25, -0.2) is 33.1 Å². The third-order valence-electron chi connectivity index (χ3n) is 4.19. The maximum atomic E-state index is 15.2. The molecule has 2 heterocycles. The highest BCUT2D eigenvalue weighted by Gasteiger charge is 2.24. The lowest BCUT2D eigenvalue weighted by atomic mass is 10.1. The number of methoxy groups -OCH3 is 1. The van der Waals surface area contributed by atoms with Crippen molar-refractivity contribution < 1.29 is 22.7 Å². The summed E-state index contributed by atoms with van der Waals surface area (Å²) in [6.45, 7) is 2.34. The minimum atomic E-state index is -1.56. The Morgan fingerprint density at radius 2 is 2.00 bits per heavy atom. The van der Waals surface area contributed by atoms with Gasteiger partial charge >= 0.3 is 6.02 Å². The topological polar surface area (TPSA) is 120 Å². The summed E-state index contributed by atoms with van der Waals surface area (Å²) in [5, 5.41) is 2.75. The smallest absolute Gasteiger partial charge is 0.302 e. The number of amidine groups is 1. The average Bonchev–Trinajstić information content (AvgIpc) is 2.78. The molecule has 9 nitrogen and oxygen atoms in total. The number of alkyl halides is 1. The molecule has 12 heteroatoms. The standard InChI is InChI=1S/C20H22F3N7O2/c1-10(2)30-32-20(24)29-14(8-21)16-11(22)4-5-12(17(16)23)28-19-18-13(6-7-25-19)27-15(31-3)9-26-18/h4-7,9-10,14,30H,8H2,1-3H3,(H2,24,29)(H,25,28). The number of anilines is 2. The van der Waals surface area contributed by atoms with E-state index in [1.165, 1.54) is 19.5 Å². The van der Waals surface area contributed by atoms with Crippen LogP contribution in [0.1, 0.15) is 25.5 Å². The highest BCUT2D eigenvalue weighted by molar-refractivity contribution is 5.87. The molecular formula is C20H22F3N7O2. The lowest BCUT2D eigenvalue weighted by molar-refractivity contribution is 0.149. The summed E-state index contributed by atoms with van der Waals surface area (Å²) >= 11 is 0. The molecule has 3 rings (SSSR count). The summed E-state index contributed by atoms with van der Waals surface area (Å²) < 4.78 is 48.4. The number of hydrogen-bond acceptors (Lipinski definition) is 8. The molecule has 0 fully saturated rings. The van der Waals surface area contributed by atoms with Gasteiger partial charge in [0.1, 0.15) is 24.1 Å². The molecular weight excluding hydrogens is 427 g/mol. The van der Waals surface area contributed by atoms with Gasteiger partial charge in [-0.1, -0.05) is 0 Å². The van der Waals surface area contributed by atoms with Crippen molar-refractivity contribution in [3.8, 4) is 5.88 Å². The second-order valence-corrected chi connectivity index (χ2v) is 6.90. The number of ether oxygens (including phenoxy) is 1. The van der Waals surface area contributed by atoms with Crippen LogP contribution in [-0.4, -0.2) is 40.8 Å². The van der Waals surface area contributed by atoms with Crippen LogP contribution in [0.15, 0.2) is 35.6 Å². The molecule has 4 N–H and O–H groups in total. The van der Waals surface area contributed by atoms with Gasteiger partial charge in [0, 0.05) is 12.2 Å². The van der Waals surface area contributed by atoms with Gasteiger partial charge < -0.3 is 20.6 Å². The number of nitrogens with two attached hydrogens (primary N) is 1. The van der Waals surface area contributed by atoms with Crippen LogP contribution < -0.4 is 21.3 Å². The molecule has 0 aliphatic rings. The van der Waals surface area contributed by atoms with Gasteiger partial charge in [0.05, 0.1) is 30.1 Å². The van der Waals surface area contributed by atoms with Gasteiger partial charge in [0.2, 0.25) is 5.88 Å². The van der Waals surface area contributed by atoms with Crippen LogP contribution >= 0.6 is 0 Å². The van der Waals surface area contributed by atoms with Crippen molar-refractivity contribution >= 4 is 28.6 Å². The molecule has 0 bridgehead atoms. The maximum absolute atomic E-state index is 15.2. The van der Waals surface area contributed by atoms with Crippen molar-refractivity contribution in [1.29, 1.82) is 0 Å². The highest BCUT2D eigenvalue weighted by Crippen LogP contribution is 2.32. The number of hydroxylamine groups is 1. The summed E-state index contributed by atoms with van der Waals surface area (Å²) in [4.78, 5) is 21.3. The van der Waals surface area contributed by atoms with Crippen molar-refractivity contribution in [3.63, 3.8) is 0 Å². The van der Waals surface area contributed by atoms with E-state index in [1.807, 2.05) is 0 Å². The molecule has 1 unspecified atom stereocenters. The number of aliphatic imine (C=N–C) groups is 1. The minimum Gasteiger partial charge on any atom is -0.480 e. The Bertz CT molecular complexity index is 1130. The average molecular weight is 449 g/mol. The summed E-state index contributed by atoms with van der Waals surface area (Å²) in [6.07, 6.45) is 2.82. The van der Waals surface area contributed by atoms with Gasteiger partial charge in [-0.2, -0.15) is 5.48 Å². The first-order valence-electron chi connectivity index (χ1n) is 9.56. The third-order valence-corrected chi connectivity index (χ3v) is 4.19. The Morgan fingerprint density at radius 3 is 2.69 bits per heavy atom. The number of halogens is 3. The Kier molecular flexibility index (Phi) is 7.25. The lowest BCUT2D eigenvalue weighted by Crippen LogP contribution is -2.31. The second kappa shape index (κ2) is 10.1. The largest absolute Gasteiger partial charge is 0.480 e. The Labute approximate surface area is 181 Å². The first kappa shape index (κ1) is 23.0. The van der Waals surface area contributed by atoms with E-state index in [0.29, 0.717) is 16.9 Å². The second-order valence-electron chi connectivity index (χ2n) is 6.90. The zero-order valence-corrected chi connectivity index (χ0v) is 17.6. The summed E-state index contributed by atoms with van der Waals surface area (Å²) in [6, 6.07) is 1.62. The summed E-state index contributed by atoms with van der Waals surface area (Å²) in [5.41, 5.74) is 8.11. The molecule has 170 valence electrons. The summed E-state index contributed by atoms with van der Waals surface area (Å²) in [7, 11) is 1.45. The van der Waals surface area contributed by atoms with Crippen molar-refractivity contribution in [2.45, 2.75) is 25.9 Å².